The minimum Gasteiger partial charge on any atom is -0.481 e. The summed E-state index contributed by atoms with van der Waals surface area (Å²) in [6.07, 6.45) is 0.340. The second kappa shape index (κ2) is 18.3. The third-order valence-corrected chi connectivity index (χ3v) is 2.07. The van der Waals surface area contributed by atoms with Crippen molar-refractivity contribution < 1.29 is 28.8 Å². The fourth-order valence-electron chi connectivity index (χ4n) is 1.01. The Balaban J connectivity index is 0. The summed E-state index contributed by atoms with van der Waals surface area (Å²) in [5, 5.41) is 7.72. The van der Waals surface area contributed by atoms with Gasteiger partial charge in [0.1, 0.15) is 0 Å². The maximum atomic E-state index is 9.37. The van der Waals surface area contributed by atoms with Crippen molar-refractivity contribution in [1.29, 1.82) is 0 Å². The number of carbonyl (C=O) groups is 1. The van der Waals surface area contributed by atoms with Gasteiger partial charge in [0.05, 0.1) is 39.1 Å². The van der Waals surface area contributed by atoms with Crippen LogP contribution in [-0.4, -0.2) is 63.4 Å². The third kappa shape index (κ3) is 22.5. The van der Waals surface area contributed by atoms with Gasteiger partial charge < -0.3 is 24.1 Å². The number of hydrogen-bond donors (Lipinski definition) is 1. The zero-order chi connectivity index (χ0) is 15.6. The molecule has 0 saturated heterocycles. The number of hydrogen-bond acceptors (Lipinski definition) is 5. The number of ether oxygens (including phenoxy) is 4. The van der Waals surface area contributed by atoms with Crippen LogP contribution in [0.1, 0.15) is 34.1 Å². The van der Waals surface area contributed by atoms with Gasteiger partial charge in [-0.05, 0) is 20.8 Å². The van der Waals surface area contributed by atoms with Crippen molar-refractivity contribution in [2.75, 3.05) is 46.2 Å². The molecule has 20 heavy (non-hydrogen) atoms. The molecular weight excluding hydrogens is 264 g/mol. The molecule has 6 heteroatoms. The molecule has 0 amide bonds. The molecule has 0 bridgehead atoms. The quantitative estimate of drug-likeness (QED) is 0.555. The first-order valence-electron chi connectivity index (χ1n) is 7.14. The SMILES string of the molecule is CCC(=O)O.CCOCCOCC(C)OCCOCC. The van der Waals surface area contributed by atoms with Gasteiger partial charge in [-0.1, -0.05) is 6.92 Å². The zero-order valence-electron chi connectivity index (χ0n) is 13.2. The Morgan fingerprint density at radius 3 is 1.85 bits per heavy atom. The van der Waals surface area contributed by atoms with Crippen LogP contribution in [0.4, 0.5) is 0 Å². The van der Waals surface area contributed by atoms with Gasteiger partial charge in [-0.2, -0.15) is 0 Å². The number of rotatable bonds is 12. The van der Waals surface area contributed by atoms with Crippen LogP contribution in [-0.2, 0) is 23.7 Å². The van der Waals surface area contributed by atoms with E-state index < -0.39 is 5.97 Å². The predicted molar refractivity (Wildman–Crippen MR) is 77.1 cm³/mol. The molecule has 1 N–H and O–H groups in total. The monoisotopic (exact) mass is 294 g/mol. The average molecular weight is 294 g/mol. The molecule has 0 aliphatic heterocycles. The van der Waals surface area contributed by atoms with Gasteiger partial charge in [0.15, 0.2) is 0 Å². The van der Waals surface area contributed by atoms with E-state index >= 15 is 0 Å². The van der Waals surface area contributed by atoms with Crippen molar-refractivity contribution in [2.45, 2.75) is 40.2 Å². The highest BCUT2D eigenvalue weighted by Gasteiger charge is 2.01. The lowest BCUT2D eigenvalue weighted by atomic mass is 10.4. The minimum atomic E-state index is -0.745. The summed E-state index contributed by atoms with van der Waals surface area (Å²) in [7, 11) is 0. The van der Waals surface area contributed by atoms with Crippen molar-refractivity contribution in [2.24, 2.45) is 0 Å². The summed E-state index contributed by atoms with van der Waals surface area (Å²) in [6, 6.07) is 0. The lowest BCUT2D eigenvalue weighted by Crippen LogP contribution is -2.20. The van der Waals surface area contributed by atoms with Gasteiger partial charge in [0.2, 0.25) is 0 Å². The van der Waals surface area contributed by atoms with Gasteiger partial charge in [-0.3, -0.25) is 4.79 Å². The van der Waals surface area contributed by atoms with Crippen LogP contribution in [0.25, 0.3) is 0 Å². The van der Waals surface area contributed by atoms with Crippen molar-refractivity contribution in [3.63, 3.8) is 0 Å². The zero-order valence-corrected chi connectivity index (χ0v) is 13.2. The molecule has 122 valence electrons. The van der Waals surface area contributed by atoms with Crippen LogP contribution in [0.5, 0.6) is 0 Å². The highest BCUT2D eigenvalue weighted by atomic mass is 16.6. The number of aliphatic carboxylic acids is 1. The van der Waals surface area contributed by atoms with Gasteiger partial charge >= 0.3 is 5.97 Å². The van der Waals surface area contributed by atoms with E-state index in [-0.39, 0.29) is 12.5 Å². The summed E-state index contributed by atoms with van der Waals surface area (Å²) in [5.74, 6) is -0.745. The summed E-state index contributed by atoms with van der Waals surface area (Å²) < 4.78 is 21.1. The Bertz CT molecular complexity index is 198. The predicted octanol–water partition coefficient (Wildman–Crippen LogP) is 1.96. The summed E-state index contributed by atoms with van der Waals surface area (Å²) in [6.45, 7) is 12.2. The van der Waals surface area contributed by atoms with E-state index in [1.807, 2.05) is 20.8 Å². The maximum Gasteiger partial charge on any atom is 0.303 e. The standard InChI is InChI=1S/C11H24O4.C3H6O2/c1-4-12-6-7-14-10-11(3)15-9-8-13-5-2;1-2-3(4)5/h11H,4-10H2,1-3H3;2H2,1H3,(H,4,5). The van der Waals surface area contributed by atoms with E-state index in [2.05, 4.69) is 0 Å². The molecule has 0 rings (SSSR count). The molecule has 0 aliphatic rings. The largest absolute Gasteiger partial charge is 0.481 e. The topological polar surface area (TPSA) is 74.2 Å². The van der Waals surface area contributed by atoms with E-state index in [1.54, 1.807) is 6.92 Å². The molecule has 0 saturated carbocycles. The first-order valence-corrected chi connectivity index (χ1v) is 7.14. The van der Waals surface area contributed by atoms with Crippen LogP contribution >= 0.6 is 0 Å². The Morgan fingerprint density at radius 2 is 1.40 bits per heavy atom. The molecule has 0 radical (unpaired) electrons. The molecule has 0 aromatic carbocycles. The van der Waals surface area contributed by atoms with Crippen LogP contribution in [0, 0.1) is 0 Å². The van der Waals surface area contributed by atoms with E-state index in [1.165, 1.54) is 0 Å². The lowest BCUT2D eigenvalue weighted by molar-refractivity contribution is -0.136. The van der Waals surface area contributed by atoms with Crippen LogP contribution < -0.4 is 0 Å². The Labute approximate surface area is 122 Å². The van der Waals surface area contributed by atoms with Crippen LogP contribution in [0.2, 0.25) is 0 Å². The first-order chi connectivity index (χ1) is 9.58. The highest BCUT2D eigenvalue weighted by Crippen LogP contribution is 1.92. The molecule has 6 nitrogen and oxygen atoms in total. The molecular formula is C14H30O6. The molecule has 0 heterocycles. The van der Waals surface area contributed by atoms with Crippen molar-refractivity contribution in [1.82, 2.24) is 0 Å². The normalized spacial score (nSPS) is 11.6. The lowest BCUT2D eigenvalue weighted by Gasteiger charge is -2.13. The summed E-state index contributed by atoms with van der Waals surface area (Å²) in [4.78, 5) is 9.37. The highest BCUT2D eigenvalue weighted by molar-refractivity contribution is 5.66. The van der Waals surface area contributed by atoms with Crippen molar-refractivity contribution in [3.8, 4) is 0 Å². The third-order valence-electron chi connectivity index (χ3n) is 2.07. The number of carboxylic acids is 1. The molecule has 0 aromatic heterocycles. The van der Waals surface area contributed by atoms with E-state index in [9.17, 15) is 4.79 Å². The fraction of sp³-hybridized carbons (Fsp3) is 0.929. The van der Waals surface area contributed by atoms with E-state index in [0.717, 1.165) is 13.2 Å². The summed E-state index contributed by atoms with van der Waals surface area (Å²) in [5.41, 5.74) is 0. The second-order valence-corrected chi connectivity index (χ2v) is 3.90. The Morgan fingerprint density at radius 1 is 0.950 bits per heavy atom. The number of carboxylic acid groups (broad SMARTS) is 1. The molecule has 0 aromatic rings. The Hall–Kier alpha value is -0.690. The smallest absolute Gasteiger partial charge is 0.303 e. The fourth-order valence-corrected chi connectivity index (χ4v) is 1.01. The molecule has 0 aliphatic carbocycles. The van der Waals surface area contributed by atoms with Crippen LogP contribution in [0.3, 0.4) is 0 Å². The van der Waals surface area contributed by atoms with Gasteiger partial charge in [0.25, 0.3) is 0 Å². The molecule has 1 unspecified atom stereocenters. The van der Waals surface area contributed by atoms with Crippen molar-refractivity contribution >= 4 is 5.97 Å². The van der Waals surface area contributed by atoms with E-state index in [0.29, 0.717) is 33.0 Å². The molecule has 1 atom stereocenters. The summed E-state index contributed by atoms with van der Waals surface area (Å²) >= 11 is 0. The Kier molecular flexibility index (Phi) is 19.8. The first kappa shape index (κ1) is 21.6. The maximum absolute atomic E-state index is 9.37. The van der Waals surface area contributed by atoms with Crippen LogP contribution in [0.15, 0.2) is 0 Å². The van der Waals surface area contributed by atoms with Crippen molar-refractivity contribution in [3.05, 3.63) is 0 Å². The van der Waals surface area contributed by atoms with Gasteiger partial charge in [0, 0.05) is 19.6 Å². The molecule has 0 fully saturated rings. The van der Waals surface area contributed by atoms with E-state index in [4.69, 9.17) is 24.1 Å². The second-order valence-electron chi connectivity index (χ2n) is 3.90. The molecule has 0 spiro atoms. The van der Waals surface area contributed by atoms with Gasteiger partial charge in [-0.15, -0.1) is 0 Å². The average Bonchev–Trinajstić information content (AvgIpc) is 2.44. The minimum absolute atomic E-state index is 0.118. The van der Waals surface area contributed by atoms with Gasteiger partial charge in [-0.25, -0.2) is 0 Å².